The Balaban J connectivity index is 0.988. The van der Waals surface area contributed by atoms with E-state index in [1.54, 1.807) is 36.3 Å². The molecule has 0 radical (unpaired) electrons. The summed E-state index contributed by atoms with van der Waals surface area (Å²) in [5.41, 5.74) is 5.43. The second kappa shape index (κ2) is 19.8. The summed E-state index contributed by atoms with van der Waals surface area (Å²) in [6.45, 7) is 14.5. The molecule has 0 unspecified atom stereocenters. The lowest BCUT2D eigenvalue weighted by atomic mass is 9.82. The number of aromatic amines is 1. The molecular formula is C49H60ClN5O8Si. The first-order chi connectivity index (χ1) is 30.5. The van der Waals surface area contributed by atoms with Crippen LogP contribution >= 0.6 is 11.6 Å². The standard InChI is InChI=1S/C49H60ClN5O8Si/c1-49(2,3)64(5,6)63-44(36-16-18-42(56)46-37(36)17-19-45(57)53-46)29-51-28-34-26-38(50)39(27-43(34)61-4)52-47(58)62-24-10-11-31-14-15-35(32-12-8-7-9-13-32)40(25-31)55(48(59)60)41-30-54-22-20-33(41)21-23-54/h7-9,12-19,25-27,33,41,44,51,56H,10-11,20-24,28-30H2,1-6H3,(H,52,58)(H,53,57)(H,59,60)/t41-,44+/m0/s1. The van der Waals surface area contributed by atoms with Gasteiger partial charge in [0.15, 0.2) is 8.32 Å². The Bertz CT molecular complexity index is 2520. The number of fused-ring (bicyclic) bond motifs is 4. The molecule has 3 saturated heterocycles. The number of anilines is 2. The number of carbonyl (C=O) groups is 2. The first-order valence-corrected chi connectivity index (χ1v) is 25.3. The lowest BCUT2D eigenvalue weighted by molar-refractivity contribution is 0.0837. The zero-order valence-corrected chi connectivity index (χ0v) is 39.3. The fourth-order valence-electron chi connectivity index (χ4n) is 8.67. The van der Waals surface area contributed by atoms with Crippen molar-refractivity contribution in [1.29, 1.82) is 0 Å². The molecule has 8 rings (SSSR count). The number of pyridine rings is 1. The molecule has 15 heteroatoms. The molecule has 2 amide bonds. The molecule has 4 heterocycles. The Kier molecular flexibility index (Phi) is 14.4. The average molecular weight is 911 g/mol. The summed E-state index contributed by atoms with van der Waals surface area (Å²) >= 11 is 6.73. The van der Waals surface area contributed by atoms with Crippen LogP contribution in [0.3, 0.4) is 0 Å². The Morgan fingerprint density at radius 1 is 1.02 bits per heavy atom. The van der Waals surface area contributed by atoms with Gasteiger partial charge in [0.05, 0.1) is 47.8 Å². The minimum absolute atomic E-state index is 0.0171. The van der Waals surface area contributed by atoms with Gasteiger partial charge in [0.2, 0.25) is 5.56 Å². The lowest BCUT2D eigenvalue weighted by Gasteiger charge is -2.48. The monoisotopic (exact) mass is 909 g/mol. The highest BCUT2D eigenvalue weighted by Crippen LogP contribution is 2.42. The Morgan fingerprint density at radius 2 is 1.77 bits per heavy atom. The maximum atomic E-state index is 13.1. The van der Waals surface area contributed by atoms with Crippen molar-refractivity contribution in [2.75, 3.05) is 50.1 Å². The number of methoxy groups -OCH3 is 1. The van der Waals surface area contributed by atoms with Crippen molar-refractivity contribution in [3.05, 3.63) is 117 Å². The summed E-state index contributed by atoms with van der Waals surface area (Å²) in [7, 11) is -0.751. The number of carboxylic acid groups (broad SMARTS) is 1. The maximum absolute atomic E-state index is 13.1. The highest BCUT2D eigenvalue weighted by molar-refractivity contribution is 6.74. The first-order valence-electron chi connectivity index (χ1n) is 22.0. The van der Waals surface area contributed by atoms with Gasteiger partial charge >= 0.3 is 12.2 Å². The van der Waals surface area contributed by atoms with E-state index >= 15 is 0 Å². The van der Waals surface area contributed by atoms with Gasteiger partial charge in [-0.3, -0.25) is 15.0 Å². The fourth-order valence-corrected chi connectivity index (χ4v) is 10.2. The minimum atomic E-state index is -2.30. The van der Waals surface area contributed by atoms with Crippen molar-refractivity contribution in [3.8, 4) is 22.6 Å². The molecule has 2 atom stereocenters. The zero-order valence-electron chi connectivity index (χ0n) is 37.5. The number of amides is 2. The summed E-state index contributed by atoms with van der Waals surface area (Å²) in [4.78, 5) is 44.9. The van der Waals surface area contributed by atoms with Crippen LogP contribution in [0.15, 0.2) is 89.7 Å². The van der Waals surface area contributed by atoms with Gasteiger partial charge in [0.25, 0.3) is 0 Å². The third-order valence-electron chi connectivity index (χ3n) is 13.2. The van der Waals surface area contributed by atoms with Crippen molar-refractivity contribution in [2.45, 2.75) is 83.3 Å². The normalized spacial score (nSPS) is 17.8. The van der Waals surface area contributed by atoms with Crippen molar-refractivity contribution >= 4 is 54.4 Å². The van der Waals surface area contributed by atoms with E-state index in [0.717, 1.165) is 60.3 Å². The third kappa shape index (κ3) is 10.6. The molecular weight excluding hydrogens is 850 g/mol. The second-order valence-corrected chi connectivity index (χ2v) is 23.5. The van der Waals surface area contributed by atoms with Crippen LogP contribution in [0.5, 0.6) is 11.5 Å². The SMILES string of the molecule is COc1cc(NC(=O)OCCCc2ccc(-c3ccccc3)c(N(C(=O)O)[C@H]3CN4CCC3CC4)c2)c(Cl)cc1CNC[C@@H](O[Si](C)(C)C(C)(C)C)c1ccc(O)c2[nH]c(=O)ccc12. The number of nitrogens with one attached hydrogen (secondary N) is 3. The molecule has 5 aromatic rings. The summed E-state index contributed by atoms with van der Waals surface area (Å²) in [6.07, 6.45) is 1.05. The van der Waals surface area contributed by atoms with E-state index in [2.05, 4.69) is 54.4 Å². The number of piperidine rings is 3. The van der Waals surface area contributed by atoms with Gasteiger partial charge in [-0.25, -0.2) is 9.59 Å². The average Bonchev–Trinajstić information content (AvgIpc) is 3.26. The number of benzene rings is 4. The van der Waals surface area contributed by atoms with E-state index < -0.39 is 26.6 Å². The molecule has 3 aliphatic heterocycles. The van der Waals surface area contributed by atoms with Crippen LogP contribution in [0.4, 0.5) is 21.0 Å². The largest absolute Gasteiger partial charge is 0.506 e. The van der Waals surface area contributed by atoms with Crippen molar-refractivity contribution in [2.24, 2.45) is 5.92 Å². The number of aromatic nitrogens is 1. The molecule has 5 N–H and O–H groups in total. The number of H-pyrrole nitrogens is 1. The van der Waals surface area contributed by atoms with Crippen molar-refractivity contribution in [3.63, 3.8) is 0 Å². The topological polar surface area (TPSA) is 166 Å². The molecule has 3 aliphatic rings. The van der Waals surface area contributed by atoms with E-state index in [1.807, 2.05) is 54.6 Å². The number of halogens is 1. The van der Waals surface area contributed by atoms with Crippen molar-refractivity contribution in [1.82, 2.24) is 15.2 Å². The van der Waals surface area contributed by atoms with Gasteiger partial charge < -0.3 is 39.3 Å². The van der Waals surface area contributed by atoms with E-state index in [-0.39, 0.29) is 29.0 Å². The molecule has 4 aromatic carbocycles. The molecule has 0 spiro atoms. The maximum Gasteiger partial charge on any atom is 0.412 e. The highest BCUT2D eigenvalue weighted by atomic mass is 35.5. The molecule has 2 bridgehead atoms. The van der Waals surface area contributed by atoms with E-state index in [4.69, 9.17) is 25.5 Å². The number of hydrogen-bond donors (Lipinski definition) is 5. The Labute approximate surface area is 380 Å². The van der Waals surface area contributed by atoms with Gasteiger partial charge in [-0.15, -0.1) is 0 Å². The van der Waals surface area contributed by atoms with Crippen LogP contribution < -0.4 is 25.8 Å². The summed E-state index contributed by atoms with van der Waals surface area (Å²) in [6, 6.07) is 25.7. The number of aromatic hydroxyl groups is 1. The predicted octanol–water partition coefficient (Wildman–Crippen LogP) is 10.2. The number of ether oxygens (including phenoxy) is 2. The smallest absolute Gasteiger partial charge is 0.412 e. The first kappa shape index (κ1) is 46.6. The molecule has 3 fully saturated rings. The molecule has 13 nitrogen and oxygen atoms in total. The zero-order chi connectivity index (χ0) is 45.8. The van der Waals surface area contributed by atoms with Crippen LogP contribution in [-0.4, -0.2) is 86.5 Å². The molecule has 64 heavy (non-hydrogen) atoms. The van der Waals surface area contributed by atoms with Crippen LogP contribution in [0.25, 0.3) is 22.0 Å². The number of phenols is 1. The number of nitrogens with zero attached hydrogens (tertiary/aromatic N) is 2. The molecule has 1 aromatic heterocycles. The molecule has 0 aliphatic carbocycles. The van der Waals surface area contributed by atoms with Gasteiger partial charge in [0, 0.05) is 48.3 Å². The van der Waals surface area contributed by atoms with E-state index in [0.29, 0.717) is 64.9 Å². The Morgan fingerprint density at radius 3 is 2.44 bits per heavy atom. The number of carbonyl (C=O) groups excluding carboxylic acids is 1. The highest BCUT2D eigenvalue weighted by Gasteiger charge is 2.42. The second-order valence-electron chi connectivity index (χ2n) is 18.4. The van der Waals surface area contributed by atoms with Gasteiger partial charge in [0.1, 0.15) is 11.5 Å². The van der Waals surface area contributed by atoms with Gasteiger partial charge in [-0.2, -0.15) is 0 Å². The Hall–Kier alpha value is -5.38. The third-order valence-corrected chi connectivity index (χ3v) is 18.0. The van der Waals surface area contributed by atoms with Crippen LogP contribution in [0.2, 0.25) is 23.2 Å². The lowest BCUT2D eigenvalue weighted by Crippen LogP contribution is -2.59. The number of aryl methyl sites for hydroxylation is 1. The quantitative estimate of drug-likeness (QED) is 0.0475. The number of hydrogen-bond acceptors (Lipinski definition) is 9. The van der Waals surface area contributed by atoms with E-state index in [1.165, 1.54) is 6.07 Å². The summed E-state index contributed by atoms with van der Waals surface area (Å²) < 4.78 is 18.3. The van der Waals surface area contributed by atoms with Crippen LogP contribution in [0.1, 0.15) is 62.8 Å². The molecule has 0 saturated carbocycles. The summed E-state index contributed by atoms with van der Waals surface area (Å²) in [5, 5.41) is 28.4. The predicted molar refractivity (Wildman–Crippen MR) is 256 cm³/mol. The fraction of sp³-hybridized carbons (Fsp3) is 0.408. The summed E-state index contributed by atoms with van der Waals surface area (Å²) in [5.74, 6) is 0.808. The number of phenolic OH excluding ortho intramolecular Hbond substituents is 1. The van der Waals surface area contributed by atoms with Crippen LogP contribution in [-0.2, 0) is 22.1 Å². The molecule has 340 valence electrons. The minimum Gasteiger partial charge on any atom is -0.506 e. The van der Waals surface area contributed by atoms with Crippen LogP contribution in [0, 0.1) is 5.92 Å². The number of rotatable bonds is 16. The van der Waals surface area contributed by atoms with Gasteiger partial charge in [-0.05, 0) is 104 Å². The van der Waals surface area contributed by atoms with Gasteiger partial charge in [-0.1, -0.05) is 80.9 Å². The van der Waals surface area contributed by atoms with E-state index in [9.17, 15) is 24.6 Å². The van der Waals surface area contributed by atoms with Crippen molar-refractivity contribution < 1.29 is 33.7 Å².